The maximum Gasteiger partial charge on any atom is 0.167 e. The fraction of sp³-hybridized carbons (Fsp3) is 0.667. The number of ketones is 1. The number of Topliss-reactive ketones (excluding diaryl/α,β-unsaturated/α-hetero) is 1. The van der Waals surface area contributed by atoms with Crippen molar-refractivity contribution < 1.29 is 4.79 Å². The number of carbonyl (C=O) groups excluding carboxylic acids is 1. The van der Waals surface area contributed by atoms with Crippen LogP contribution in [0.15, 0.2) is 12.1 Å². The van der Waals surface area contributed by atoms with Crippen LogP contribution in [-0.2, 0) is 0 Å². The molecule has 2 rings (SSSR count). The molecule has 1 aliphatic carbocycles. The van der Waals surface area contributed by atoms with E-state index in [0.717, 1.165) is 23.4 Å². The first-order valence-corrected chi connectivity index (χ1v) is 8.09. The molecule has 0 radical (unpaired) electrons. The van der Waals surface area contributed by atoms with Crippen LogP contribution in [0.1, 0.15) is 93.4 Å². The third kappa shape index (κ3) is 3.11. The van der Waals surface area contributed by atoms with Crippen LogP contribution in [0.2, 0.25) is 0 Å². The highest BCUT2D eigenvalue weighted by Crippen LogP contribution is 2.34. The van der Waals surface area contributed by atoms with Gasteiger partial charge >= 0.3 is 0 Å². The van der Waals surface area contributed by atoms with E-state index >= 15 is 0 Å². The molecule has 1 heterocycles. The van der Waals surface area contributed by atoms with E-state index in [1.54, 1.807) is 0 Å². The molecule has 0 saturated carbocycles. The quantitative estimate of drug-likeness (QED) is 0.699. The van der Waals surface area contributed by atoms with E-state index in [1.165, 1.54) is 25.7 Å². The summed E-state index contributed by atoms with van der Waals surface area (Å²) in [5, 5.41) is 0. The second kappa shape index (κ2) is 6.51. The second-order valence-electron chi connectivity index (χ2n) is 6.47. The maximum absolute atomic E-state index is 12.2. The maximum atomic E-state index is 12.2. The summed E-state index contributed by atoms with van der Waals surface area (Å²) in [6.07, 6.45) is 5.95. The van der Waals surface area contributed by atoms with Crippen LogP contribution >= 0.6 is 0 Å². The molecule has 0 saturated heterocycles. The summed E-state index contributed by atoms with van der Waals surface area (Å²) in [4.78, 5) is 17.1. The van der Waals surface area contributed by atoms with E-state index < -0.39 is 0 Å². The Labute approximate surface area is 123 Å². The molecule has 1 aromatic heterocycles. The molecular formula is C18H27NO. The molecule has 0 spiro atoms. The number of pyridine rings is 1. The van der Waals surface area contributed by atoms with Crippen LogP contribution in [-0.4, -0.2) is 10.8 Å². The fourth-order valence-corrected chi connectivity index (χ4v) is 3.21. The average molecular weight is 273 g/mol. The van der Waals surface area contributed by atoms with E-state index in [2.05, 4.69) is 26.8 Å². The van der Waals surface area contributed by atoms with Gasteiger partial charge in [-0.1, -0.05) is 47.0 Å². The van der Waals surface area contributed by atoms with Crippen molar-refractivity contribution in [3.05, 3.63) is 29.1 Å². The van der Waals surface area contributed by atoms with E-state index in [4.69, 9.17) is 4.98 Å². The molecule has 0 bridgehead atoms. The standard InChI is InChI=1S/C18H27NO/c1-5-6-7-8-12(2)16-10-9-15-17(19-16)13(3)11-14(4)18(15)20/h9-10,12-14H,5-8,11H2,1-4H3. The Morgan fingerprint density at radius 1 is 1.25 bits per heavy atom. The van der Waals surface area contributed by atoms with E-state index in [1.807, 2.05) is 13.0 Å². The summed E-state index contributed by atoms with van der Waals surface area (Å²) in [6, 6.07) is 4.08. The van der Waals surface area contributed by atoms with Crippen LogP contribution in [0, 0.1) is 5.92 Å². The molecule has 0 fully saturated rings. The van der Waals surface area contributed by atoms with Gasteiger partial charge in [-0.3, -0.25) is 9.78 Å². The molecule has 0 amide bonds. The fourth-order valence-electron chi connectivity index (χ4n) is 3.21. The lowest BCUT2D eigenvalue weighted by atomic mass is 9.80. The number of carbonyl (C=O) groups is 1. The zero-order chi connectivity index (χ0) is 14.7. The molecule has 3 unspecified atom stereocenters. The molecule has 1 aromatic rings. The lowest BCUT2D eigenvalue weighted by Crippen LogP contribution is -2.24. The van der Waals surface area contributed by atoms with Crippen LogP contribution in [0.3, 0.4) is 0 Å². The zero-order valence-electron chi connectivity index (χ0n) is 13.3. The third-order valence-electron chi connectivity index (χ3n) is 4.58. The number of unbranched alkanes of at least 4 members (excludes halogenated alkanes) is 2. The Morgan fingerprint density at radius 2 is 2.00 bits per heavy atom. The third-order valence-corrected chi connectivity index (χ3v) is 4.58. The van der Waals surface area contributed by atoms with Gasteiger partial charge in [-0.2, -0.15) is 0 Å². The Bertz CT molecular complexity index is 480. The van der Waals surface area contributed by atoms with Gasteiger partial charge in [0.15, 0.2) is 5.78 Å². The summed E-state index contributed by atoms with van der Waals surface area (Å²) in [7, 11) is 0. The van der Waals surface area contributed by atoms with Gasteiger partial charge < -0.3 is 0 Å². The molecule has 0 aromatic carbocycles. The topological polar surface area (TPSA) is 30.0 Å². The number of rotatable bonds is 5. The molecule has 2 heteroatoms. The predicted molar refractivity (Wildman–Crippen MR) is 83.3 cm³/mol. The highest BCUT2D eigenvalue weighted by atomic mass is 16.1. The number of fused-ring (bicyclic) bond motifs is 1. The van der Waals surface area contributed by atoms with Gasteiger partial charge in [0.2, 0.25) is 0 Å². The average Bonchev–Trinajstić information content (AvgIpc) is 2.44. The highest BCUT2D eigenvalue weighted by Gasteiger charge is 2.30. The number of hydrogen-bond acceptors (Lipinski definition) is 2. The first-order valence-electron chi connectivity index (χ1n) is 8.09. The predicted octanol–water partition coefficient (Wildman–Crippen LogP) is 5.09. The molecule has 0 aliphatic heterocycles. The summed E-state index contributed by atoms with van der Waals surface area (Å²) < 4.78 is 0. The van der Waals surface area contributed by atoms with Crippen molar-refractivity contribution >= 4 is 5.78 Å². The Balaban J connectivity index is 2.19. The summed E-state index contributed by atoms with van der Waals surface area (Å²) >= 11 is 0. The van der Waals surface area contributed by atoms with E-state index in [9.17, 15) is 4.79 Å². The van der Waals surface area contributed by atoms with Crippen molar-refractivity contribution in [3.8, 4) is 0 Å². The highest BCUT2D eigenvalue weighted by molar-refractivity contribution is 5.99. The number of aromatic nitrogens is 1. The Morgan fingerprint density at radius 3 is 2.70 bits per heavy atom. The van der Waals surface area contributed by atoms with Crippen LogP contribution in [0.4, 0.5) is 0 Å². The SMILES string of the molecule is CCCCCC(C)c1ccc2c(n1)C(C)CC(C)C2=O. The smallest absolute Gasteiger partial charge is 0.167 e. The zero-order valence-corrected chi connectivity index (χ0v) is 13.3. The number of hydrogen-bond donors (Lipinski definition) is 0. The van der Waals surface area contributed by atoms with E-state index in [0.29, 0.717) is 11.8 Å². The van der Waals surface area contributed by atoms with Crippen molar-refractivity contribution in [2.75, 3.05) is 0 Å². The second-order valence-corrected chi connectivity index (χ2v) is 6.47. The van der Waals surface area contributed by atoms with Gasteiger partial charge in [-0.25, -0.2) is 0 Å². The summed E-state index contributed by atoms with van der Waals surface area (Å²) in [5.41, 5.74) is 3.06. The van der Waals surface area contributed by atoms with Gasteiger partial charge in [0.25, 0.3) is 0 Å². The molecule has 0 N–H and O–H groups in total. The van der Waals surface area contributed by atoms with Gasteiger partial charge in [0.05, 0.1) is 5.69 Å². The van der Waals surface area contributed by atoms with Crippen molar-refractivity contribution in [1.29, 1.82) is 0 Å². The molecule has 2 nitrogen and oxygen atoms in total. The minimum atomic E-state index is 0.145. The van der Waals surface area contributed by atoms with E-state index in [-0.39, 0.29) is 11.7 Å². The molecule has 1 aliphatic rings. The molecular weight excluding hydrogens is 246 g/mol. The van der Waals surface area contributed by atoms with Gasteiger partial charge in [-0.15, -0.1) is 0 Å². The van der Waals surface area contributed by atoms with Gasteiger partial charge in [0.1, 0.15) is 0 Å². The monoisotopic (exact) mass is 273 g/mol. The Hall–Kier alpha value is -1.18. The largest absolute Gasteiger partial charge is 0.294 e. The van der Waals surface area contributed by atoms with Crippen molar-refractivity contribution in [3.63, 3.8) is 0 Å². The lowest BCUT2D eigenvalue weighted by molar-refractivity contribution is 0.0904. The van der Waals surface area contributed by atoms with Crippen LogP contribution < -0.4 is 0 Å². The Kier molecular flexibility index (Phi) is 4.95. The van der Waals surface area contributed by atoms with Crippen molar-refractivity contribution in [2.24, 2.45) is 5.92 Å². The molecule has 20 heavy (non-hydrogen) atoms. The molecule has 3 atom stereocenters. The minimum Gasteiger partial charge on any atom is -0.294 e. The van der Waals surface area contributed by atoms with Crippen LogP contribution in [0.5, 0.6) is 0 Å². The first kappa shape index (κ1) is 15.2. The van der Waals surface area contributed by atoms with Crippen LogP contribution in [0.25, 0.3) is 0 Å². The number of nitrogens with zero attached hydrogens (tertiary/aromatic N) is 1. The summed E-state index contributed by atoms with van der Waals surface area (Å²) in [5.74, 6) is 1.32. The lowest BCUT2D eigenvalue weighted by Gasteiger charge is -2.26. The van der Waals surface area contributed by atoms with Gasteiger partial charge in [0, 0.05) is 17.2 Å². The normalized spacial score (nSPS) is 23.5. The van der Waals surface area contributed by atoms with Crippen molar-refractivity contribution in [2.45, 2.75) is 71.6 Å². The summed E-state index contributed by atoms with van der Waals surface area (Å²) in [6.45, 7) is 8.71. The first-order chi connectivity index (χ1) is 9.54. The molecule has 110 valence electrons. The van der Waals surface area contributed by atoms with Crippen molar-refractivity contribution in [1.82, 2.24) is 4.98 Å². The minimum absolute atomic E-state index is 0.145. The van der Waals surface area contributed by atoms with Gasteiger partial charge in [-0.05, 0) is 36.8 Å².